The molecule has 0 amide bonds. The van der Waals surface area contributed by atoms with E-state index in [0.29, 0.717) is 6.42 Å². The van der Waals surface area contributed by atoms with Crippen molar-refractivity contribution >= 4 is 11.4 Å². The summed E-state index contributed by atoms with van der Waals surface area (Å²) in [5.74, 6) is 0. The van der Waals surface area contributed by atoms with Gasteiger partial charge in [0.25, 0.3) is 5.69 Å². The van der Waals surface area contributed by atoms with Crippen LogP contribution in [0.3, 0.4) is 0 Å². The van der Waals surface area contributed by atoms with Gasteiger partial charge < -0.3 is 5.32 Å². The van der Waals surface area contributed by atoms with Gasteiger partial charge in [-0.1, -0.05) is 13.8 Å². The average Bonchev–Trinajstić information content (AvgIpc) is 2.35. The lowest BCUT2D eigenvalue weighted by Crippen LogP contribution is -2.22. The van der Waals surface area contributed by atoms with Crippen LogP contribution >= 0.6 is 0 Å². The zero-order valence-corrected chi connectivity index (χ0v) is 10.6. The van der Waals surface area contributed by atoms with Gasteiger partial charge in [-0.3, -0.25) is 10.1 Å². The molecule has 0 saturated heterocycles. The zero-order valence-electron chi connectivity index (χ0n) is 10.6. The van der Waals surface area contributed by atoms with E-state index >= 15 is 0 Å². The molecule has 0 heterocycles. The standard InChI is InChI=1S/C13H17N3O2/c1-13(2,8-3-9-14)10-15-11-4-6-12(7-5-11)16(17)18/h4-7,15H,3,8,10H2,1-2H3. The van der Waals surface area contributed by atoms with Crippen molar-refractivity contribution in [3.8, 4) is 6.07 Å². The van der Waals surface area contributed by atoms with E-state index in [9.17, 15) is 10.1 Å². The molecule has 0 fully saturated rings. The summed E-state index contributed by atoms with van der Waals surface area (Å²) in [4.78, 5) is 10.1. The first-order chi connectivity index (χ1) is 8.44. The first-order valence-corrected chi connectivity index (χ1v) is 5.80. The van der Waals surface area contributed by atoms with Crippen molar-refractivity contribution in [2.24, 2.45) is 5.41 Å². The third-order valence-electron chi connectivity index (χ3n) is 2.76. The van der Waals surface area contributed by atoms with Crippen molar-refractivity contribution in [2.75, 3.05) is 11.9 Å². The van der Waals surface area contributed by atoms with Crippen LogP contribution < -0.4 is 5.32 Å². The lowest BCUT2D eigenvalue weighted by molar-refractivity contribution is -0.384. The van der Waals surface area contributed by atoms with Gasteiger partial charge in [-0.2, -0.15) is 5.26 Å². The van der Waals surface area contributed by atoms with Crippen molar-refractivity contribution < 1.29 is 4.92 Å². The maximum Gasteiger partial charge on any atom is 0.269 e. The van der Waals surface area contributed by atoms with Crippen molar-refractivity contribution in [2.45, 2.75) is 26.7 Å². The molecule has 0 aliphatic rings. The number of hydrogen-bond acceptors (Lipinski definition) is 4. The minimum atomic E-state index is -0.416. The van der Waals surface area contributed by atoms with Crippen LogP contribution in [0.2, 0.25) is 0 Å². The first kappa shape index (κ1) is 14.0. The van der Waals surface area contributed by atoms with Gasteiger partial charge in [0.1, 0.15) is 0 Å². The fourth-order valence-electron chi connectivity index (χ4n) is 1.53. The van der Waals surface area contributed by atoms with Crippen LogP contribution in [-0.4, -0.2) is 11.5 Å². The van der Waals surface area contributed by atoms with E-state index < -0.39 is 4.92 Å². The van der Waals surface area contributed by atoms with Gasteiger partial charge in [0.15, 0.2) is 0 Å². The summed E-state index contributed by atoms with van der Waals surface area (Å²) in [6, 6.07) is 8.48. The highest BCUT2D eigenvalue weighted by atomic mass is 16.6. The lowest BCUT2D eigenvalue weighted by Gasteiger charge is -2.24. The Morgan fingerprint density at radius 2 is 2.00 bits per heavy atom. The van der Waals surface area contributed by atoms with Crippen LogP contribution in [0.25, 0.3) is 0 Å². The number of anilines is 1. The Balaban J connectivity index is 2.53. The van der Waals surface area contributed by atoms with E-state index in [1.165, 1.54) is 12.1 Å². The number of non-ortho nitro benzene ring substituents is 1. The number of nitro benzene ring substituents is 1. The number of benzene rings is 1. The van der Waals surface area contributed by atoms with Crippen LogP contribution in [0.15, 0.2) is 24.3 Å². The Morgan fingerprint density at radius 1 is 1.39 bits per heavy atom. The quantitative estimate of drug-likeness (QED) is 0.617. The summed E-state index contributed by atoms with van der Waals surface area (Å²) in [5.41, 5.74) is 0.965. The van der Waals surface area contributed by atoms with Crippen LogP contribution in [0.5, 0.6) is 0 Å². The molecule has 18 heavy (non-hydrogen) atoms. The summed E-state index contributed by atoms with van der Waals surface area (Å²) < 4.78 is 0. The molecule has 0 aromatic heterocycles. The molecule has 1 N–H and O–H groups in total. The van der Waals surface area contributed by atoms with Gasteiger partial charge in [-0.05, 0) is 24.0 Å². The van der Waals surface area contributed by atoms with E-state index in [1.807, 2.05) is 0 Å². The molecule has 0 unspecified atom stereocenters. The third kappa shape index (κ3) is 4.42. The highest BCUT2D eigenvalue weighted by Gasteiger charge is 2.17. The number of nitriles is 1. The average molecular weight is 247 g/mol. The molecule has 0 aliphatic heterocycles. The minimum Gasteiger partial charge on any atom is -0.385 e. The van der Waals surface area contributed by atoms with E-state index in [0.717, 1.165) is 18.7 Å². The molecule has 1 rings (SSSR count). The summed E-state index contributed by atoms with van der Waals surface area (Å²) in [7, 11) is 0. The highest BCUT2D eigenvalue weighted by Crippen LogP contribution is 2.23. The number of nitrogens with one attached hydrogen (secondary N) is 1. The normalized spacial score (nSPS) is 10.7. The molecular formula is C13H17N3O2. The molecule has 0 saturated carbocycles. The second-order valence-electron chi connectivity index (χ2n) is 4.98. The van der Waals surface area contributed by atoms with E-state index in [2.05, 4.69) is 25.2 Å². The maximum absolute atomic E-state index is 10.5. The van der Waals surface area contributed by atoms with Gasteiger partial charge in [-0.25, -0.2) is 0 Å². The molecule has 1 aromatic rings. The van der Waals surface area contributed by atoms with Gasteiger partial charge in [0.2, 0.25) is 0 Å². The Labute approximate surface area is 107 Å². The molecule has 0 atom stereocenters. The predicted molar refractivity (Wildman–Crippen MR) is 70.2 cm³/mol. The largest absolute Gasteiger partial charge is 0.385 e. The summed E-state index contributed by atoms with van der Waals surface area (Å²) in [5, 5.41) is 22.3. The molecule has 1 aromatic carbocycles. The fraction of sp³-hybridized carbons (Fsp3) is 0.462. The highest BCUT2D eigenvalue weighted by molar-refractivity contribution is 5.48. The molecule has 5 heteroatoms. The third-order valence-corrected chi connectivity index (χ3v) is 2.76. The Morgan fingerprint density at radius 3 is 2.50 bits per heavy atom. The smallest absolute Gasteiger partial charge is 0.269 e. The van der Waals surface area contributed by atoms with Gasteiger partial charge >= 0.3 is 0 Å². The topological polar surface area (TPSA) is 79.0 Å². The number of nitro groups is 1. The molecule has 0 bridgehead atoms. The summed E-state index contributed by atoms with van der Waals surface area (Å²) in [6.07, 6.45) is 1.36. The second-order valence-corrected chi connectivity index (χ2v) is 4.98. The van der Waals surface area contributed by atoms with Crippen LogP contribution in [0.4, 0.5) is 11.4 Å². The van der Waals surface area contributed by atoms with Crippen molar-refractivity contribution in [3.05, 3.63) is 34.4 Å². The SMILES string of the molecule is CC(C)(CCC#N)CNc1ccc([N+](=O)[O-])cc1. The monoisotopic (exact) mass is 247 g/mol. The number of hydrogen-bond donors (Lipinski definition) is 1. The molecule has 0 spiro atoms. The summed E-state index contributed by atoms with van der Waals surface area (Å²) >= 11 is 0. The van der Waals surface area contributed by atoms with Crippen LogP contribution in [-0.2, 0) is 0 Å². The molecule has 5 nitrogen and oxygen atoms in total. The first-order valence-electron chi connectivity index (χ1n) is 5.80. The van der Waals surface area contributed by atoms with Crippen molar-refractivity contribution in [1.82, 2.24) is 0 Å². The Hall–Kier alpha value is -2.09. The van der Waals surface area contributed by atoms with Crippen LogP contribution in [0.1, 0.15) is 26.7 Å². The second kappa shape index (κ2) is 6.01. The van der Waals surface area contributed by atoms with Crippen molar-refractivity contribution in [1.29, 1.82) is 5.26 Å². The number of nitrogens with zero attached hydrogens (tertiary/aromatic N) is 2. The van der Waals surface area contributed by atoms with Crippen molar-refractivity contribution in [3.63, 3.8) is 0 Å². The Kier molecular flexibility index (Phi) is 4.67. The molecule has 0 aliphatic carbocycles. The predicted octanol–water partition coefficient (Wildman–Crippen LogP) is 3.34. The summed E-state index contributed by atoms with van der Waals surface area (Å²) in [6.45, 7) is 4.90. The van der Waals surface area contributed by atoms with E-state index in [-0.39, 0.29) is 11.1 Å². The Bertz CT molecular complexity index is 446. The fourth-order valence-corrected chi connectivity index (χ4v) is 1.53. The minimum absolute atomic E-state index is 0.0253. The van der Waals surface area contributed by atoms with E-state index in [4.69, 9.17) is 5.26 Å². The van der Waals surface area contributed by atoms with Gasteiger partial charge in [0.05, 0.1) is 11.0 Å². The maximum atomic E-state index is 10.5. The molecule has 96 valence electrons. The zero-order chi connectivity index (χ0) is 13.6. The molecular weight excluding hydrogens is 230 g/mol. The molecule has 0 radical (unpaired) electrons. The lowest BCUT2D eigenvalue weighted by atomic mass is 9.88. The van der Waals surface area contributed by atoms with E-state index in [1.54, 1.807) is 12.1 Å². The number of rotatable bonds is 6. The van der Waals surface area contributed by atoms with Gasteiger partial charge in [-0.15, -0.1) is 0 Å². The van der Waals surface area contributed by atoms with Gasteiger partial charge in [0, 0.05) is 30.8 Å². The van der Waals surface area contributed by atoms with Crippen LogP contribution in [0, 0.1) is 26.9 Å².